The first-order valence-corrected chi connectivity index (χ1v) is 11.8. The maximum absolute atomic E-state index is 9.83. The summed E-state index contributed by atoms with van der Waals surface area (Å²) in [5.41, 5.74) is 1.45. The van der Waals surface area contributed by atoms with Crippen LogP contribution >= 0.6 is 0 Å². The van der Waals surface area contributed by atoms with E-state index >= 15 is 0 Å². The Kier molecular flexibility index (Phi) is 6.01. The van der Waals surface area contributed by atoms with Crippen LogP contribution in [0.1, 0.15) is 87.7 Å². The van der Waals surface area contributed by atoms with Gasteiger partial charge in [-0.3, -0.25) is 0 Å². The maximum Gasteiger partial charge on any atom is 0.489 e. The average Bonchev–Trinajstić information content (AvgIpc) is 2.84. The van der Waals surface area contributed by atoms with Crippen molar-refractivity contribution in [3.8, 4) is 11.4 Å². The molecule has 2 fully saturated rings. The van der Waals surface area contributed by atoms with Gasteiger partial charge in [-0.25, -0.2) is 15.0 Å². The summed E-state index contributed by atoms with van der Waals surface area (Å²) < 4.78 is 0. The van der Waals surface area contributed by atoms with Gasteiger partial charge in [-0.05, 0) is 41.9 Å². The highest BCUT2D eigenvalue weighted by atomic mass is 16.4. The molecular formula is C25H30BN3O2. The van der Waals surface area contributed by atoms with E-state index in [0.29, 0.717) is 17.3 Å². The van der Waals surface area contributed by atoms with Crippen LogP contribution in [0.25, 0.3) is 22.2 Å². The van der Waals surface area contributed by atoms with Crippen LogP contribution < -0.4 is 5.46 Å². The molecule has 0 atom stereocenters. The second-order valence-corrected chi connectivity index (χ2v) is 9.17. The van der Waals surface area contributed by atoms with Crippen molar-refractivity contribution < 1.29 is 10.0 Å². The van der Waals surface area contributed by atoms with Crippen LogP contribution in [0.5, 0.6) is 0 Å². The van der Waals surface area contributed by atoms with Crippen molar-refractivity contribution in [1.82, 2.24) is 15.0 Å². The Hall–Kier alpha value is -2.31. The van der Waals surface area contributed by atoms with Crippen molar-refractivity contribution >= 4 is 23.4 Å². The van der Waals surface area contributed by atoms with Crippen LogP contribution in [-0.2, 0) is 0 Å². The molecule has 2 aliphatic rings. The lowest BCUT2D eigenvalue weighted by Crippen LogP contribution is -2.30. The van der Waals surface area contributed by atoms with Gasteiger partial charge in [-0.1, -0.05) is 74.9 Å². The Bertz CT molecular complexity index is 1020. The minimum absolute atomic E-state index is 0.419. The van der Waals surface area contributed by atoms with Gasteiger partial charge in [0.05, 0.1) is 0 Å². The highest BCUT2D eigenvalue weighted by Crippen LogP contribution is 2.36. The lowest BCUT2D eigenvalue weighted by Gasteiger charge is -2.24. The molecule has 160 valence electrons. The number of aromatic nitrogens is 3. The summed E-state index contributed by atoms with van der Waals surface area (Å²) in [7, 11) is -1.51. The summed E-state index contributed by atoms with van der Waals surface area (Å²) in [4.78, 5) is 15.0. The Labute approximate surface area is 184 Å². The SMILES string of the molecule is OB(O)c1ccc(-c2nc(C3CCCCC3)nc(C3CCCCC3)n2)c2ccccc12. The molecule has 1 aromatic heterocycles. The van der Waals surface area contributed by atoms with Crippen molar-refractivity contribution in [1.29, 1.82) is 0 Å². The minimum atomic E-state index is -1.51. The van der Waals surface area contributed by atoms with Crippen LogP contribution in [0.15, 0.2) is 36.4 Å². The lowest BCUT2D eigenvalue weighted by atomic mass is 9.76. The topological polar surface area (TPSA) is 79.1 Å². The maximum atomic E-state index is 9.83. The van der Waals surface area contributed by atoms with E-state index in [2.05, 4.69) is 0 Å². The third-order valence-corrected chi connectivity index (χ3v) is 7.09. The molecule has 0 amide bonds. The fourth-order valence-electron chi connectivity index (χ4n) is 5.36. The molecule has 6 heteroatoms. The van der Waals surface area contributed by atoms with Crippen molar-refractivity contribution in [3.05, 3.63) is 48.0 Å². The molecule has 0 radical (unpaired) electrons. The number of nitrogens with zero attached hydrogens (tertiary/aromatic N) is 3. The Morgan fingerprint density at radius 2 is 1.19 bits per heavy atom. The first-order valence-electron chi connectivity index (χ1n) is 11.8. The smallest absolute Gasteiger partial charge is 0.423 e. The predicted molar refractivity (Wildman–Crippen MR) is 124 cm³/mol. The number of hydrogen-bond donors (Lipinski definition) is 2. The number of benzene rings is 2. The molecule has 0 spiro atoms. The highest BCUT2D eigenvalue weighted by Gasteiger charge is 2.25. The largest absolute Gasteiger partial charge is 0.489 e. The van der Waals surface area contributed by atoms with Crippen LogP contribution in [-0.4, -0.2) is 32.1 Å². The minimum Gasteiger partial charge on any atom is -0.423 e. The van der Waals surface area contributed by atoms with E-state index in [1.807, 2.05) is 30.3 Å². The molecule has 0 unspecified atom stereocenters. The van der Waals surface area contributed by atoms with E-state index < -0.39 is 7.12 Å². The molecule has 2 aliphatic carbocycles. The average molecular weight is 415 g/mol. The fraction of sp³-hybridized carbons (Fsp3) is 0.480. The zero-order valence-corrected chi connectivity index (χ0v) is 18.0. The molecule has 5 nitrogen and oxygen atoms in total. The predicted octanol–water partition coefficient (Wildman–Crippen LogP) is 4.47. The molecule has 2 aromatic carbocycles. The standard InChI is InChI=1S/C25H30BN3O2/c30-26(31)22-16-15-21(19-13-7-8-14-20(19)22)25-28-23(17-9-3-1-4-10-17)27-24(29-25)18-11-5-2-6-12-18/h7-8,13-18,30-31H,1-6,9-12H2. The molecule has 0 aliphatic heterocycles. The van der Waals surface area contributed by atoms with E-state index in [9.17, 15) is 10.0 Å². The molecular weight excluding hydrogens is 385 g/mol. The lowest BCUT2D eigenvalue weighted by molar-refractivity contribution is 0.409. The van der Waals surface area contributed by atoms with E-state index in [1.54, 1.807) is 6.07 Å². The number of hydrogen-bond acceptors (Lipinski definition) is 5. The van der Waals surface area contributed by atoms with Gasteiger partial charge in [0, 0.05) is 17.4 Å². The fourth-order valence-corrected chi connectivity index (χ4v) is 5.36. The van der Waals surface area contributed by atoms with Crippen molar-refractivity contribution in [3.63, 3.8) is 0 Å². The first-order chi connectivity index (χ1) is 15.2. The monoisotopic (exact) mass is 415 g/mol. The van der Waals surface area contributed by atoms with Crippen LogP contribution in [0, 0.1) is 0 Å². The Balaban J connectivity index is 1.65. The molecule has 2 saturated carbocycles. The van der Waals surface area contributed by atoms with E-state index in [4.69, 9.17) is 15.0 Å². The molecule has 2 N–H and O–H groups in total. The first kappa shape index (κ1) is 20.6. The van der Waals surface area contributed by atoms with Gasteiger partial charge in [0.15, 0.2) is 5.82 Å². The van der Waals surface area contributed by atoms with E-state index in [0.717, 1.165) is 59.5 Å². The van der Waals surface area contributed by atoms with Crippen molar-refractivity contribution in [2.45, 2.75) is 76.0 Å². The second kappa shape index (κ2) is 9.05. The van der Waals surface area contributed by atoms with Gasteiger partial charge in [0.2, 0.25) is 0 Å². The zero-order valence-electron chi connectivity index (χ0n) is 18.0. The van der Waals surface area contributed by atoms with Gasteiger partial charge in [0.25, 0.3) is 0 Å². The quantitative estimate of drug-likeness (QED) is 0.615. The Morgan fingerprint density at radius 1 is 0.645 bits per heavy atom. The van der Waals surface area contributed by atoms with Gasteiger partial charge < -0.3 is 10.0 Å². The summed E-state index contributed by atoms with van der Waals surface area (Å²) in [5.74, 6) is 3.48. The summed E-state index contributed by atoms with van der Waals surface area (Å²) in [6, 6.07) is 11.6. The number of fused-ring (bicyclic) bond motifs is 1. The molecule has 0 saturated heterocycles. The van der Waals surface area contributed by atoms with Crippen LogP contribution in [0.3, 0.4) is 0 Å². The molecule has 0 bridgehead atoms. The highest BCUT2D eigenvalue weighted by molar-refractivity contribution is 6.62. The second-order valence-electron chi connectivity index (χ2n) is 9.17. The third kappa shape index (κ3) is 4.24. The summed E-state index contributed by atoms with van der Waals surface area (Å²) in [5, 5.41) is 21.4. The molecule has 31 heavy (non-hydrogen) atoms. The molecule has 1 heterocycles. The molecule has 3 aromatic rings. The molecule has 5 rings (SSSR count). The third-order valence-electron chi connectivity index (χ3n) is 7.09. The van der Waals surface area contributed by atoms with E-state index in [1.165, 1.54) is 38.5 Å². The summed E-state index contributed by atoms with van der Waals surface area (Å²) >= 11 is 0. The Morgan fingerprint density at radius 3 is 1.74 bits per heavy atom. The van der Waals surface area contributed by atoms with Gasteiger partial charge >= 0.3 is 7.12 Å². The normalized spacial score (nSPS) is 18.4. The van der Waals surface area contributed by atoms with Crippen LogP contribution in [0.4, 0.5) is 0 Å². The zero-order chi connectivity index (χ0) is 21.2. The van der Waals surface area contributed by atoms with Crippen molar-refractivity contribution in [2.24, 2.45) is 0 Å². The van der Waals surface area contributed by atoms with Crippen LogP contribution in [0.2, 0.25) is 0 Å². The van der Waals surface area contributed by atoms with Gasteiger partial charge in [0.1, 0.15) is 11.6 Å². The summed E-state index contributed by atoms with van der Waals surface area (Å²) in [6.45, 7) is 0. The summed E-state index contributed by atoms with van der Waals surface area (Å²) in [6.07, 6.45) is 12.2. The van der Waals surface area contributed by atoms with Gasteiger partial charge in [-0.15, -0.1) is 0 Å². The number of rotatable bonds is 4. The van der Waals surface area contributed by atoms with Gasteiger partial charge in [-0.2, -0.15) is 0 Å². The van der Waals surface area contributed by atoms with E-state index in [-0.39, 0.29) is 0 Å². The van der Waals surface area contributed by atoms with Crippen molar-refractivity contribution in [2.75, 3.05) is 0 Å².